The Hall–Kier alpha value is -1.59. The molecule has 1 atom stereocenters. The maximum atomic E-state index is 12.9. The minimum atomic E-state index is -0.804. The fourth-order valence-electron chi connectivity index (χ4n) is 3.95. The third kappa shape index (κ3) is 4.04. The lowest BCUT2D eigenvalue weighted by Crippen LogP contribution is -2.51. The highest BCUT2D eigenvalue weighted by atomic mass is 16.2. The molecule has 148 valence electrons. The Balaban J connectivity index is 2.00. The number of imide groups is 1. The molecule has 2 aliphatic rings. The fourth-order valence-corrected chi connectivity index (χ4v) is 3.95. The normalized spacial score (nSPS) is 27.8. The summed E-state index contributed by atoms with van der Waals surface area (Å²) in [6.45, 7) is 12.5. The molecule has 0 aromatic rings. The smallest absolute Gasteiger partial charge is 0.325 e. The van der Waals surface area contributed by atoms with Crippen LogP contribution in [-0.2, 0) is 9.59 Å². The van der Waals surface area contributed by atoms with E-state index in [0.29, 0.717) is 24.7 Å². The lowest BCUT2D eigenvalue weighted by atomic mass is 9.65. The Morgan fingerprint density at radius 2 is 1.85 bits per heavy atom. The molecule has 0 aromatic carbocycles. The summed E-state index contributed by atoms with van der Waals surface area (Å²) < 4.78 is 0. The van der Waals surface area contributed by atoms with Gasteiger partial charge in [0.25, 0.3) is 5.91 Å². The van der Waals surface area contributed by atoms with Crippen molar-refractivity contribution in [2.24, 2.45) is 17.3 Å². The van der Waals surface area contributed by atoms with Crippen molar-refractivity contribution in [2.45, 2.75) is 85.2 Å². The highest BCUT2D eigenvalue weighted by molar-refractivity contribution is 6.09. The number of amides is 4. The molecular formula is C20H35N3O3. The van der Waals surface area contributed by atoms with Crippen LogP contribution in [0, 0.1) is 17.3 Å². The predicted octanol–water partition coefficient (Wildman–Crippen LogP) is 3.06. The summed E-state index contributed by atoms with van der Waals surface area (Å²) in [5.41, 5.74) is -0.554. The average molecular weight is 366 g/mol. The summed E-state index contributed by atoms with van der Waals surface area (Å²) in [7, 11) is 0. The van der Waals surface area contributed by atoms with Crippen molar-refractivity contribution in [1.29, 1.82) is 0 Å². The van der Waals surface area contributed by atoms with Gasteiger partial charge in [-0.15, -0.1) is 0 Å². The first-order valence-electron chi connectivity index (χ1n) is 9.96. The first kappa shape index (κ1) is 20.7. The Bertz CT molecular complexity index is 563. The molecule has 4 amide bonds. The molecule has 1 aliphatic carbocycles. The summed E-state index contributed by atoms with van der Waals surface area (Å²) in [6, 6.07) is -0.431. The van der Waals surface area contributed by atoms with Gasteiger partial charge in [-0.3, -0.25) is 14.5 Å². The number of carbonyl (C=O) groups excluding carboxylic acids is 3. The minimum Gasteiger partial charge on any atom is -0.352 e. The van der Waals surface area contributed by atoms with Crippen LogP contribution in [0.25, 0.3) is 0 Å². The monoisotopic (exact) mass is 365 g/mol. The fraction of sp³-hybridized carbons (Fsp3) is 0.850. The maximum Gasteiger partial charge on any atom is 0.325 e. The van der Waals surface area contributed by atoms with Crippen LogP contribution in [0.2, 0.25) is 0 Å². The van der Waals surface area contributed by atoms with E-state index in [2.05, 4.69) is 31.4 Å². The van der Waals surface area contributed by atoms with E-state index in [4.69, 9.17) is 0 Å². The van der Waals surface area contributed by atoms with E-state index >= 15 is 0 Å². The minimum absolute atomic E-state index is 0.00365. The zero-order valence-electron chi connectivity index (χ0n) is 17.1. The van der Waals surface area contributed by atoms with Crippen LogP contribution in [0.15, 0.2) is 0 Å². The van der Waals surface area contributed by atoms with Gasteiger partial charge in [-0.2, -0.15) is 0 Å². The first-order chi connectivity index (χ1) is 12.0. The van der Waals surface area contributed by atoms with Crippen LogP contribution in [0.3, 0.4) is 0 Å². The molecule has 1 saturated heterocycles. The molecule has 2 N–H and O–H groups in total. The van der Waals surface area contributed by atoms with Gasteiger partial charge in [0.2, 0.25) is 5.91 Å². The molecule has 1 saturated carbocycles. The van der Waals surface area contributed by atoms with Crippen LogP contribution in [0.1, 0.15) is 73.6 Å². The zero-order chi connectivity index (χ0) is 19.7. The number of urea groups is 1. The molecule has 2 rings (SSSR count). The van der Waals surface area contributed by atoms with Gasteiger partial charge in [-0.1, -0.05) is 41.0 Å². The molecule has 6 nitrogen and oxygen atoms in total. The Morgan fingerprint density at radius 1 is 1.27 bits per heavy atom. The highest BCUT2D eigenvalue weighted by Gasteiger charge is 2.53. The van der Waals surface area contributed by atoms with Gasteiger partial charge in [0.1, 0.15) is 12.1 Å². The zero-order valence-corrected chi connectivity index (χ0v) is 17.1. The molecular weight excluding hydrogens is 330 g/mol. The summed E-state index contributed by atoms with van der Waals surface area (Å²) in [4.78, 5) is 38.6. The molecule has 26 heavy (non-hydrogen) atoms. The van der Waals surface area contributed by atoms with E-state index in [1.165, 1.54) is 0 Å². The van der Waals surface area contributed by atoms with Gasteiger partial charge >= 0.3 is 6.03 Å². The van der Waals surface area contributed by atoms with Gasteiger partial charge in [0, 0.05) is 6.04 Å². The third-order valence-corrected chi connectivity index (χ3v) is 6.79. The Kier molecular flexibility index (Phi) is 6.03. The number of nitrogens with zero attached hydrogens (tertiary/aromatic N) is 1. The summed E-state index contributed by atoms with van der Waals surface area (Å²) >= 11 is 0. The van der Waals surface area contributed by atoms with Crippen LogP contribution in [0.5, 0.6) is 0 Å². The van der Waals surface area contributed by atoms with Crippen molar-refractivity contribution in [3.05, 3.63) is 0 Å². The van der Waals surface area contributed by atoms with E-state index < -0.39 is 11.6 Å². The Labute approximate surface area is 157 Å². The number of hydrogen-bond donors (Lipinski definition) is 2. The van der Waals surface area contributed by atoms with Gasteiger partial charge < -0.3 is 10.6 Å². The van der Waals surface area contributed by atoms with Crippen LogP contribution in [0.4, 0.5) is 4.79 Å². The van der Waals surface area contributed by atoms with Gasteiger partial charge in [-0.25, -0.2) is 4.79 Å². The third-order valence-electron chi connectivity index (χ3n) is 6.79. The van der Waals surface area contributed by atoms with Crippen molar-refractivity contribution in [1.82, 2.24) is 15.5 Å². The van der Waals surface area contributed by atoms with E-state index in [1.54, 1.807) is 0 Å². The largest absolute Gasteiger partial charge is 0.352 e. The summed E-state index contributed by atoms with van der Waals surface area (Å²) in [6.07, 6.45) is 4.28. The van der Waals surface area contributed by atoms with Gasteiger partial charge in [-0.05, 0) is 49.9 Å². The van der Waals surface area contributed by atoms with E-state index in [9.17, 15) is 14.4 Å². The number of rotatable bonds is 6. The number of nitrogens with one attached hydrogen (secondary N) is 2. The SMILES string of the molecule is CCC(C)(C)C1CCC2(CC1)NC(=O)N(CC(=O)NC(C)C(C)C)C2=O. The average Bonchev–Trinajstić information content (AvgIpc) is 2.79. The van der Waals surface area contributed by atoms with Crippen molar-refractivity contribution in [3.63, 3.8) is 0 Å². The molecule has 0 bridgehead atoms. The van der Waals surface area contributed by atoms with Crippen LogP contribution < -0.4 is 10.6 Å². The molecule has 1 aliphatic heterocycles. The maximum absolute atomic E-state index is 12.9. The summed E-state index contributed by atoms with van der Waals surface area (Å²) in [5, 5.41) is 5.76. The highest BCUT2D eigenvalue weighted by Crippen LogP contribution is 2.45. The quantitative estimate of drug-likeness (QED) is 0.710. The lowest BCUT2D eigenvalue weighted by Gasteiger charge is -2.42. The van der Waals surface area contributed by atoms with Crippen molar-refractivity contribution >= 4 is 17.8 Å². The van der Waals surface area contributed by atoms with E-state index in [0.717, 1.165) is 24.2 Å². The standard InChI is InChI=1S/C20H35N3O3/c1-7-19(5,6)15-8-10-20(11-9-15)17(25)23(18(26)22-20)12-16(24)21-14(4)13(2)3/h13-15H,7-12H2,1-6H3,(H,21,24)(H,22,26). The van der Waals surface area contributed by atoms with E-state index in [1.807, 2.05) is 20.8 Å². The lowest BCUT2D eigenvalue weighted by molar-refractivity contribution is -0.136. The molecule has 0 aromatic heterocycles. The second-order valence-electron chi connectivity index (χ2n) is 9.12. The molecule has 6 heteroatoms. The van der Waals surface area contributed by atoms with Crippen molar-refractivity contribution in [3.8, 4) is 0 Å². The van der Waals surface area contributed by atoms with E-state index in [-0.39, 0.29) is 29.8 Å². The molecule has 1 spiro atoms. The molecule has 0 radical (unpaired) electrons. The van der Waals surface area contributed by atoms with Gasteiger partial charge in [0.05, 0.1) is 0 Å². The van der Waals surface area contributed by atoms with Crippen molar-refractivity contribution < 1.29 is 14.4 Å². The Morgan fingerprint density at radius 3 is 2.35 bits per heavy atom. The second-order valence-corrected chi connectivity index (χ2v) is 9.12. The molecule has 1 unspecified atom stereocenters. The van der Waals surface area contributed by atoms with Gasteiger partial charge in [0.15, 0.2) is 0 Å². The summed E-state index contributed by atoms with van der Waals surface area (Å²) in [5.74, 6) is 0.341. The number of hydrogen-bond acceptors (Lipinski definition) is 3. The second kappa shape index (κ2) is 7.57. The number of carbonyl (C=O) groups is 3. The topological polar surface area (TPSA) is 78.5 Å². The van der Waals surface area contributed by atoms with Crippen molar-refractivity contribution in [2.75, 3.05) is 6.54 Å². The predicted molar refractivity (Wildman–Crippen MR) is 101 cm³/mol. The van der Waals surface area contributed by atoms with Crippen LogP contribution >= 0.6 is 0 Å². The van der Waals surface area contributed by atoms with Crippen LogP contribution in [-0.4, -0.2) is 40.9 Å². The molecule has 1 heterocycles. The molecule has 2 fully saturated rings. The first-order valence-corrected chi connectivity index (χ1v) is 9.96.